The molecule has 0 radical (unpaired) electrons. The molecule has 0 N–H and O–H groups in total. The highest BCUT2D eigenvalue weighted by molar-refractivity contribution is 5.84. The highest BCUT2D eigenvalue weighted by Crippen LogP contribution is 2.41. The van der Waals surface area contributed by atoms with E-state index in [2.05, 4.69) is 18.7 Å². The zero-order valence-electron chi connectivity index (χ0n) is 10.1. The number of carbonyl (C=O) groups excluding carboxylic acids is 1. The molecule has 0 bridgehead atoms. The van der Waals surface area contributed by atoms with Crippen molar-refractivity contribution >= 4 is 5.91 Å². The molecular formula is C12H22N2O. The van der Waals surface area contributed by atoms with Crippen LogP contribution in [-0.4, -0.2) is 48.4 Å². The maximum Gasteiger partial charge on any atom is 0.228 e. The van der Waals surface area contributed by atoms with E-state index >= 15 is 0 Å². The number of rotatable bonds is 1. The van der Waals surface area contributed by atoms with E-state index < -0.39 is 0 Å². The summed E-state index contributed by atoms with van der Waals surface area (Å²) in [6.07, 6.45) is 3.21. The average molecular weight is 210 g/mol. The number of likely N-dealkylation sites (tertiary alicyclic amines) is 2. The predicted octanol–water partition coefficient (Wildman–Crippen LogP) is 1.34. The highest BCUT2D eigenvalue weighted by atomic mass is 16.2. The Bertz CT molecular complexity index is 254. The van der Waals surface area contributed by atoms with E-state index in [4.69, 9.17) is 0 Å². The molecule has 3 heteroatoms. The lowest BCUT2D eigenvalue weighted by atomic mass is 9.77. The number of nitrogens with zero attached hydrogens (tertiary/aromatic N) is 2. The van der Waals surface area contributed by atoms with Gasteiger partial charge in [0.1, 0.15) is 0 Å². The van der Waals surface area contributed by atoms with Gasteiger partial charge in [0.15, 0.2) is 0 Å². The summed E-state index contributed by atoms with van der Waals surface area (Å²) in [4.78, 5) is 16.5. The van der Waals surface area contributed by atoms with Gasteiger partial charge in [-0.15, -0.1) is 0 Å². The Morgan fingerprint density at radius 2 is 1.67 bits per heavy atom. The van der Waals surface area contributed by atoms with Crippen molar-refractivity contribution in [1.29, 1.82) is 0 Å². The summed E-state index contributed by atoms with van der Waals surface area (Å²) in [6, 6.07) is 0.622. The maximum atomic E-state index is 12.1. The first-order valence-electron chi connectivity index (χ1n) is 6.05. The summed E-state index contributed by atoms with van der Waals surface area (Å²) >= 11 is 0. The second kappa shape index (κ2) is 3.78. The van der Waals surface area contributed by atoms with Crippen molar-refractivity contribution in [3.8, 4) is 0 Å². The van der Waals surface area contributed by atoms with Crippen LogP contribution in [0.15, 0.2) is 0 Å². The Morgan fingerprint density at radius 3 is 2.07 bits per heavy atom. The smallest absolute Gasteiger partial charge is 0.228 e. The number of carbonyl (C=O) groups is 1. The summed E-state index contributed by atoms with van der Waals surface area (Å²) in [5.74, 6) is 0.394. The SMILES string of the molecule is CC(C)N1CCC2(CCN(C)C2=O)CC1. The predicted molar refractivity (Wildman–Crippen MR) is 60.6 cm³/mol. The molecule has 0 aromatic rings. The molecule has 0 saturated carbocycles. The van der Waals surface area contributed by atoms with Crippen LogP contribution >= 0.6 is 0 Å². The van der Waals surface area contributed by atoms with Crippen LogP contribution in [0.5, 0.6) is 0 Å². The topological polar surface area (TPSA) is 23.6 Å². The van der Waals surface area contributed by atoms with Crippen molar-refractivity contribution in [3.05, 3.63) is 0 Å². The lowest BCUT2D eigenvalue weighted by Crippen LogP contribution is -2.46. The van der Waals surface area contributed by atoms with Crippen molar-refractivity contribution in [2.75, 3.05) is 26.7 Å². The van der Waals surface area contributed by atoms with Gasteiger partial charge in [-0.1, -0.05) is 0 Å². The summed E-state index contributed by atoms with van der Waals surface area (Å²) < 4.78 is 0. The third kappa shape index (κ3) is 1.78. The van der Waals surface area contributed by atoms with Gasteiger partial charge < -0.3 is 9.80 Å². The molecule has 1 amide bonds. The lowest BCUT2D eigenvalue weighted by molar-refractivity contribution is -0.137. The molecule has 0 unspecified atom stereocenters. The largest absolute Gasteiger partial charge is 0.345 e. The zero-order valence-corrected chi connectivity index (χ0v) is 10.1. The summed E-state index contributed by atoms with van der Waals surface area (Å²) in [6.45, 7) is 7.62. The first kappa shape index (κ1) is 10.9. The molecule has 2 saturated heterocycles. The fourth-order valence-corrected chi connectivity index (χ4v) is 2.93. The van der Waals surface area contributed by atoms with Crippen LogP contribution in [0, 0.1) is 5.41 Å². The molecule has 2 aliphatic heterocycles. The minimum atomic E-state index is 0.0140. The van der Waals surface area contributed by atoms with E-state index in [-0.39, 0.29) is 5.41 Å². The van der Waals surface area contributed by atoms with E-state index in [1.807, 2.05) is 11.9 Å². The Balaban J connectivity index is 2.01. The summed E-state index contributed by atoms with van der Waals surface area (Å²) in [7, 11) is 1.94. The van der Waals surface area contributed by atoms with E-state index in [0.717, 1.165) is 38.9 Å². The number of hydrogen-bond donors (Lipinski definition) is 0. The number of piperidine rings is 1. The van der Waals surface area contributed by atoms with Crippen LogP contribution in [0.3, 0.4) is 0 Å². The van der Waals surface area contributed by atoms with Gasteiger partial charge in [0.25, 0.3) is 0 Å². The monoisotopic (exact) mass is 210 g/mol. The zero-order chi connectivity index (χ0) is 11.1. The fourth-order valence-electron chi connectivity index (χ4n) is 2.93. The quantitative estimate of drug-likeness (QED) is 0.652. The van der Waals surface area contributed by atoms with Crippen LogP contribution in [0.1, 0.15) is 33.1 Å². The van der Waals surface area contributed by atoms with Gasteiger partial charge in [-0.2, -0.15) is 0 Å². The van der Waals surface area contributed by atoms with Gasteiger partial charge in [-0.3, -0.25) is 4.79 Å². The first-order valence-corrected chi connectivity index (χ1v) is 6.05. The van der Waals surface area contributed by atoms with Crippen LogP contribution in [0.25, 0.3) is 0 Å². The third-order valence-electron chi connectivity index (χ3n) is 4.21. The second-order valence-electron chi connectivity index (χ2n) is 5.39. The molecular weight excluding hydrogens is 188 g/mol. The summed E-state index contributed by atoms with van der Waals surface area (Å²) in [5.41, 5.74) is 0.0140. The van der Waals surface area contributed by atoms with Gasteiger partial charge in [-0.05, 0) is 46.2 Å². The molecule has 0 aromatic carbocycles. The van der Waals surface area contributed by atoms with Gasteiger partial charge in [0.2, 0.25) is 5.91 Å². The van der Waals surface area contributed by atoms with E-state index in [1.54, 1.807) is 0 Å². The number of amides is 1. The minimum Gasteiger partial charge on any atom is -0.345 e. The molecule has 2 fully saturated rings. The Labute approximate surface area is 92.4 Å². The molecule has 0 aliphatic carbocycles. The van der Waals surface area contributed by atoms with Crippen LogP contribution in [0.4, 0.5) is 0 Å². The normalized spacial score (nSPS) is 26.9. The highest BCUT2D eigenvalue weighted by Gasteiger charge is 2.46. The van der Waals surface area contributed by atoms with Gasteiger partial charge >= 0.3 is 0 Å². The van der Waals surface area contributed by atoms with Crippen molar-refractivity contribution in [2.45, 2.75) is 39.2 Å². The van der Waals surface area contributed by atoms with Crippen LogP contribution in [-0.2, 0) is 4.79 Å². The van der Waals surface area contributed by atoms with Crippen LogP contribution in [0.2, 0.25) is 0 Å². The molecule has 3 nitrogen and oxygen atoms in total. The van der Waals surface area contributed by atoms with Crippen molar-refractivity contribution < 1.29 is 4.79 Å². The van der Waals surface area contributed by atoms with E-state index in [1.165, 1.54) is 0 Å². The number of hydrogen-bond acceptors (Lipinski definition) is 2. The van der Waals surface area contributed by atoms with Crippen LogP contribution < -0.4 is 0 Å². The summed E-state index contributed by atoms with van der Waals surface area (Å²) in [5, 5.41) is 0. The van der Waals surface area contributed by atoms with E-state index in [0.29, 0.717) is 11.9 Å². The van der Waals surface area contributed by atoms with Gasteiger partial charge in [0, 0.05) is 19.6 Å². The van der Waals surface area contributed by atoms with E-state index in [9.17, 15) is 4.79 Å². The first-order chi connectivity index (χ1) is 7.05. The molecule has 2 aliphatic rings. The lowest BCUT2D eigenvalue weighted by Gasteiger charge is -2.39. The minimum absolute atomic E-state index is 0.0140. The van der Waals surface area contributed by atoms with Crippen molar-refractivity contribution in [3.63, 3.8) is 0 Å². The standard InChI is InChI=1S/C12H22N2O/c1-10(2)14-8-5-12(6-9-14)4-7-13(3)11(12)15/h10H,4-9H2,1-3H3. The molecule has 2 heterocycles. The average Bonchev–Trinajstić information content (AvgIpc) is 2.48. The molecule has 1 spiro atoms. The third-order valence-corrected chi connectivity index (χ3v) is 4.21. The molecule has 15 heavy (non-hydrogen) atoms. The molecule has 0 atom stereocenters. The Kier molecular flexibility index (Phi) is 2.75. The molecule has 86 valence electrons. The Hall–Kier alpha value is -0.570. The maximum absolute atomic E-state index is 12.1. The van der Waals surface area contributed by atoms with Gasteiger partial charge in [0.05, 0.1) is 5.41 Å². The van der Waals surface area contributed by atoms with Crippen molar-refractivity contribution in [1.82, 2.24) is 9.80 Å². The van der Waals surface area contributed by atoms with Crippen molar-refractivity contribution in [2.24, 2.45) is 5.41 Å². The second-order valence-corrected chi connectivity index (χ2v) is 5.39. The van der Waals surface area contributed by atoms with Gasteiger partial charge in [-0.25, -0.2) is 0 Å². The molecule has 0 aromatic heterocycles. The Morgan fingerprint density at radius 1 is 1.13 bits per heavy atom. The fraction of sp³-hybridized carbons (Fsp3) is 0.917. The molecule has 2 rings (SSSR count).